The van der Waals surface area contributed by atoms with Gasteiger partial charge in [-0.2, -0.15) is 0 Å². The molecule has 0 bridgehead atoms. The van der Waals surface area contributed by atoms with E-state index < -0.39 is 15.3 Å². The second kappa shape index (κ2) is 4.48. The van der Waals surface area contributed by atoms with E-state index >= 15 is 0 Å². The second-order valence-corrected chi connectivity index (χ2v) is 6.74. The number of nitrogens with zero attached hydrogens (tertiary/aromatic N) is 1. The maximum Gasteiger partial charge on any atom is 0.239 e. The van der Waals surface area contributed by atoms with E-state index in [1.165, 1.54) is 4.31 Å². The lowest BCUT2D eigenvalue weighted by molar-refractivity contribution is 0.588. The summed E-state index contributed by atoms with van der Waals surface area (Å²) in [5.74, 6) is 0. The van der Waals surface area contributed by atoms with Crippen LogP contribution in [0.2, 0.25) is 5.02 Å². The van der Waals surface area contributed by atoms with Crippen LogP contribution in [-0.2, 0) is 10.0 Å². The van der Waals surface area contributed by atoms with Gasteiger partial charge in [-0.25, -0.2) is 8.42 Å². The molecule has 94 valence electrons. The summed E-state index contributed by atoms with van der Waals surface area (Å²) in [7, 11) is -3.31. The van der Waals surface area contributed by atoms with Crippen LogP contribution in [-0.4, -0.2) is 26.8 Å². The number of anilines is 1. The van der Waals surface area contributed by atoms with Crippen molar-refractivity contribution in [2.45, 2.75) is 18.6 Å². The fraction of sp³-hybridized carbons (Fsp3) is 0.455. The van der Waals surface area contributed by atoms with Crippen molar-refractivity contribution in [3.8, 4) is 0 Å². The van der Waals surface area contributed by atoms with Gasteiger partial charge in [0, 0.05) is 18.1 Å². The minimum absolute atomic E-state index is 0.165. The zero-order chi connectivity index (χ0) is 12.6. The van der Waals surface area contributed by atoms with Gasteiger partial charge >= 0.3 is 0 Å². The summed E-state index contributed by atoms with van der Waals surface area (Å²) in [6, 6.07) is 5.29. The van der Waals surface area contributed by atoms with Gasteiger partial charge in [0.2, 0.25) is 10.0 Å². The number of hydrogen-bond donors (Lipinski definition) is 1. The van der Waals surface area contributed by atoms with Gasteiger partial charge in [-0.1, -0.05) is 17.7 Å². The van der Waals surface area contributed by atoms with E-state index in [2.05, 4.69) is 0 Å². The first-order valence-corrected chi connectivity index (χ1v) is 7.32. The zero-order valence-electron chi connectivity index (χ0n) is 9.56. The monoisotopic (exact) mass is 274 g/mol. The maximum absolute atomic E-state index is 12.1. The molecule has 1 aliphatic rings. The summed E-state index contributed by atoms with van der Waals surface area (Å²) in [5.41, 5.74) is 7.03. The minimum Gasteiger partial charge on any atom is -0.329 e. The van der Waals surface area contributed by atoms with Gasteiger partial charge in [0.15, 0.2) is 0 Å². The number of aryl methyl sites for hydroxylation is 1. The third-order valence-corrected chi connectivity index (χ3v) is 5.77. The molecule has 0 spiro atoms. The molecule has 1 aliphatic heterocycles. The van der Waals surface area contributed by atoms with Gasteiger partial charge in [-0.15, -0.1) is 0 Å². The average Bonchev–Trinajstić information content (AvgIpc) is 2.57. The Balaban J connectivity index is 2.39. The molecule has 1 saturated heterocycles. The van der Waals surface area contributed by atoms with Gasteiger partial charge in [-0.05, 0) is 31.0 Å². The van der Waals surface area contributed by atoms with E-state index in [0.717, 1.165) is 5.56 Å². The number of nitrogens with two attached hydrogens (primary N) is 1. The van der Waals surface area contributed by atoms with E-state index in [9.17, 15) is 8.42 Å². The molecule has 2 rings (SSSR count). The van der Waals surface area contributed by atoms with Gasteiger partial charge < -0.3 is 5.73 Å². The average molecular weight is 275 g/mol. The van der Waals surface area contributed by atoms with Crippen LogP contribution in [0, 0.1) is 6.92 Å². The Morgan fingerprint density at radius 1 is 1.53 bits per heavy atom. The summed E-state index contributed by atoms with van der Waals surface area (Å²) < 4.78 is 25.6. The zero-order valence-corrected chi connectivity index (χ0v) is 11.1. The highest BCUT2D eigenvalue weighted by molar-refractivity contribution is 7.93. The normalized spacial score (nSPS) is 23.0. The molecule has 1 heterocycles. The van der Waals surface area contributed by atoms with Crippen LogP contribution in [0.15, 0.2) is 18.2 Å². The van der Waals surface area contributed by atoms with Crippen molar-refractivity contribution in [1.29, 1.82) is 0 Å². The Bertz CT molecular complexity index is 530. The standard InChI is InChI=1S/C11H15ClN2O2S/c1-8-2-3-9(6-11(8)12)14-5-4-10(7-13)17(14,15)16/h2-3,6,10H,4-5,7,13H2,1H3. The van der Waals surface area contributed by atoms with Crippen molar-refractivity contribution in [2.75, 3.05) is 17.4 Å². The first kappa shape index (κ1) is 12.7. The number of halogens is 1. The van der Waals surface area contributed by atoms with E-state index in [-0.39, 0.29) is 6.54 Å². The van der Waals surface area contributed by atoms with Crippen LogP contribution in [0.25, 0.3) is 0 Å². The third-order valence-electron chi connectivity index (χ3n) is 3.09. The van der Waals surface area contributed by atoms with Gasteiger partial charge in [0.1, 0.15) is 0 Å². The lowest BCUT2D eigenvalue weighted by atomic mass is 10.2. The Morgan fingerprint density at radius 3 is 2.76 bits per heavy atom. The molecular formula is C11H15ClN2O2S. The third kappa shape index (κ3) is 2.14. The van der Waals surface area contributed by atoms with Crippen LogP contribution in [0.3, 0.4) is 0 Å². The molecule has 0 aromatic heterocycles. The maximum atomic E-state index is 12.1. The van der Waals surface area contributed by atoms with Gasteiger partial charge in [0.05, 0.1) is 10.9 Å². The predicted molar refractivity (Wildman–Crippen MR) is 69.9 cm³/mol. The predicted octanol–water partition coefficient (Wildman–Crippen LogP) is 1.52. The van der Waals surface area contributed by atoms with E-state index in [1.54, 1.807) is 12.1 Å². The largest absolute Gasteiger partial charge is 0.329 e. The summed E-state index contributed by atoms with van der Waals surface area (Å²) in [5, 5.41) is 0.108. The first-order valence-electron chi connectivity index (χ1n) is 5.44. The van der Waals surface area contributed by atoms with Crippen molar-refractivity contribution in [3.63, 3.8) is 0 Å². The smallest absolute Gasteiger partial charge is 0.239 e. The van der Waals surface area contributed by atoms with Crippen molar-refractivity contribution >= 4 is 27.3 Å². The molecule has 1 unspecified atom stereocenters. The Morgan fingerprint density at radius 2 is 2.24 bits per heavy atom. The highest BCUT2D eigenvalue weighted by Crippen LogP contribution is 2.30. The number of rotatable bonds is 2. The lowest BCUT2D eigenvalue weighted by Gasteiger charge is -2.19. The molecular weight excluding hydrogens is 260 g/mol. The fourth-order valence-electron chi connectivity index (χ4n) is 1.97. The van der Waals surface area contributed by atoms with E-state index in [4.69, 9.17) is 17.3 Å². The Kier molecular flexibility index (Phi) is 3.34. The van der Waals surface area contributed by atoms with Crippen LogP contribution >= 0.6 is 11.6 Å². The molecule has 0 amide bonds. The fourth-order valence-corrected chi connectivity index (χ4v) is 3.92. The van der Waals surface area contributed by atoms with Crippen LogP contribution in [0.1, 0.15) is 12.0 Å². The number of benzene rings is 1. The molecule has 0 radical (unpaired) electrons. The SMILES string of the molecule is Cc1ccc(N2CCC(CN)S2(=O)=O)cc1Cl. The van der Waals surface area contributed by atoms with Crippen LogP contribution in [0.5, 0.6) is 0 Å². The lowest BCUT2D eigenvalue weighted by Crippen LogP contribution is -2.33. The summed E-state index contributed by atoms with van der Waals surface area (Å²) >= 11 is 6.01. The van der Waals surface area contributed by atoms with Gasteiger partial charge in [0.25, 0.3) is 0 Å². The molecule has 2 N–H and O–H groups in total. The van der Waals surface area contributed by atoms with Crippen LogP contribution < -0.4 is 10.0 Å². The summed E-state index contributed by atoms with van der Waals surface area (Å²) in [6.07, 6.45) is 0.574. The van der Waals surface area contributed by atoms with Crippen LogP contribution in [0.4, 0.5) is 5.69 Å². The highest BCUT2D eigenvalue weighted by Gasteiger charge is 2.37. The molecule has 1 atom stereocenters. The Labute approximate surface area is 106 Å². The van der Waals surface area contributed by atoms with Crippen molar-refractivity contribution < 1.29 is 8.42 Å². The second-order valence-electron chi connectivity index (χ2n) is 4.20. The quantitative estimate of drug-likeness (QED) is 0.889. The molecule has 0 saturated carbocycles. The van der Waals surface area contributed by atoms with Gasteiger partial charge in [-0.3, -0.25) is 4.31 Å². The molecule has 6 heteroatoms. The molecule has 1 aromatic carbocycles. The van der Waals surface area contributed by atoms with E-state index in [0.29, 0.717) is 23.7 Å². The summed E-state index contributed by atoms with van der Waals surface area (Å²) in [6.45, 7) is 2.52. The number of sulfonamides is 1. The Hall–Kier alpha value is -0.780. The van der Waals surface area contributed by atoms with Crippen molar-refractivity contribution in [3.05, 3.63) is 28.8 Å². The highest BCUT2D eigenvalue weighted by atomic mass is 35.5. The molecule has 4 nitrogen and oxygen atoms in total. The van der Waals surface area contributed by atoms with E-state index in [1.807, 2.05) is 13.0 Å². The number of hydrogen-bond acceptors (Lipinski definition) is 3. The van der Waals surface area contributed by atoms with Crippen molar-refractivity contribution in [2.24, 2.45) is 5.73 Å². The summed E-state index contributed by atoms with van der Waals surface area (Å²) in [4.78, 5) is 0. The molecule has 0 aliphatic carbocycles. The first-order chi connectivity index (χ1) is 7.96. The van der Waals surface area contributed by atoms with Crippen molar-refractivity contribution in [1.82, 2.24) is 0 Å². The topological polar surface area (TPSA) is 63.4 Å². The molecule has 1 aromatic rings. The molecule has 17 heavy (non-hydrogen) atoms. The minimum atomic E-state index is -3.31. The molecule has 1 fully saturated rings.